The number of rotatable bonds is 11. The number of aliphatic hydroxyl groups excluding tert-OH is 2. The number of carbonyl (C=O) groups excluding carboxylic acids is 2. The van der Waals surface area contributed by atoms with Crippen molar-refractivity contribution in [1.29, 1.82) is 0 Å². The predicted octanol–water partition coefficient (Wildman–Crippen LogP) is 3.51. The van der Waals surface area contributed by atoms with Gasteiger partial charge in [-0.2, -0.15) is 0 Å². The Hall–Kier alpha value is -5.24. The standard InChI is InChI=1S/C51H60ClN3O16/c1-23(2)65-36-15-27-14-33(56)31(19-30(27)43(62-8)44(36)63-9)48(59)54-32-18-29-12-13-35(47(52)53-29)68-37-17-28-11-10-26(38(22-64-49(32)60)69-40-20-34(57)42(55(6)7)24(3)66-40)16-39-51(28,71-39)46(37)70-41-21-50(5,61)45(58)25(4)67-41/h12-17,19,23-25,32,34,37-42,45-46,56-58,61H,18,20-22H2,1-9H3,(H,54,59)/t24-,25-,32?,34-,37-,38?,39-,40-,41-,42+,45-,46+,50+,51?/m0/s1. The Morgan fingerprint density at radius 3 is 2.44 bits per heavy atom. The van der Waals surface area contributed by atoms with Crippen LogP contribution in [-0.4, -0.2) is 168 Å². The van der Waals surface area contributed by atoms with E-state index in [1.54, 1.807) is 37.3 Å². The first-order valence-corrected chi connectivity index (χ1v) is 24.0. The van der Waals surface area contributed by atoms with E-state index in [0.29, 0.717) is 27.7 Å². The molecule has 20 heteroatoms. The van der Waals surface area contributed by atoms with Crippen molar-refractivity contribution in [1.82, 2.24) is 15.2 Å². The van der Waals surface area contributed by atoms with Gasteiger partial charge in [-0.25, -0.2) is 9.78 Å². The molecular formula is C51H60ClN3O16. The van der Waals surface area contributed by atoms with Crippen LogP contribution in [0.15, 0.2) is 53.6 Å². The van der Waals surface area contributed by atoms with Crippen molar-refractivity contribution >= 4 is 34.2 Å². The van der Waals surface area contributed by atoms with Crippen LogP contribution in [0.2, 0.25) is 5.15 Å². The molecule has 2 aliphatic carbocycles. The van der Waals surface area contributed by atoms with Gasteiger partial charge >= 0.3 is 5.97 Å². The SMILES string of the molecule is COc1c(OC(C)C)cc2cc(O)c(C(=O)NC3Cc4ccc(c(Cl)n4)O[C@H]4C=C5C#CC(=C[C@@H]6OC56[C@@H]4O[C@H]4C[C@@](C)(O)[C@@H](O)[C@H](C)O4)C(O[C@H]4C[C@H](O)[C@H](N(C)C)[C@H](C)O4)COC3=O)cc2c1OC. The van der Waals surface area contributed by atoms with E-state index in [1.165, 1.54) is 33.3 Å². The molecule has 1 aromatic heterocycles. The Balaban J connectivity index is 1.07. The van der Waals surface area contributed by atoms with Gasteiger partial charge in [0.15, 0.2) is 40.6 Å². The number of methoxy groups -OCH3 is 2. The summed E-state index contributed by atoms with van der Waals surface area (Å²) in [5, 5.41) is 48.0. The number of hydrogen-bond donors (Lipinski definition) is 5. The number of epoxide rings is 1. The number of aromatic hydroxyl groups is 1. The Morgan fingerprint density at radius 2 is 1.76 bits per heavy atom. The van der Waals surface area contributed by atoms with E-state index in [0.717, 1.165) is 0 Å². The summed E-state index contributed by atoms with van der Waals surface area (Å²) < 4.78 is 62.1. The summed E-state index contributed by atoms with van der Waals surface area (Å²) in [4.78, 5) is 35.3. The number of phenols is 1. The molecule has 1 amide bonds. The van der Waals surface area contributed by atoms with Gasteiger partial charge in [-0.3, -0.25) is 4.79 Å². The maximum absolute atomic E-state index is 14.5. The van der Waals surface area contributed by atoms with Crippen LogP contribution in [0.25, 0.3) is 10.8 Å². The van der Waals surface area contributed by atoms with Crippen molar-refractivity contribution in [2.24, 2.45) is 0 Å². The Labute approximate surface area is 415 Å². The number of halogens is 1. The Bertz CT molecular complexity index is 2690. The molecule has 71 heavy (non-hydrogen) atoms. The molecule has 3 saturated heterocycles. The maximum atomic E-state index is 14.5. The minimum atomic E-state index is -1.54. The number of ether oxygens (including phenoxy) is 10. The summed E-state index contributed by atoms with van der Waals surface area (Å²) in [6.45, 7) is 8.26. The molecule has 8 heterocycles. The quantitative estimate of drug-likeness (QED) is 0.0800. The molecule has 0 saturated carbocycles. The van der Waals surface area contributed by atoms with E-state index in [-0.39, 0.29) is 65.1 Å². The number of benzene rings is 2. The third-order valence-corrected chi connectivity index (χ3v) is 14.0. The summed E-state index contributed by atoms with van der Waals surface area (Å²) in [7, 11) is 6.60. The van der Waals surface area contributed by atoms with Crippen LogP contribution in [-0.2, 0) is 39.6 Å². The topological polar surface area (TPSA) is 239 Å². The van der Waals surface area contributed by atoms with Crippen molar-refractivity contribution in [2.45, 2.75) is 145 Å². The second-order valence-corrected chi connectivity index (χ2v) is 19.9. The molecule has 382 valence electrons. The number of carbonyl (C=O) groups is 2. The van der Waals surface area contributed by atoms with Gasteiger partial charge < -0.3 is 78.0 Å². The molecular weight excluding hydrogens is 946 g/mol. The van der Waals surface area contributed by atoms with Crippen LogP contribution in [0.5, 0.6) is 28.7 Å². The summed E-state index contributed by atoms with van der Waals surface area (Å²) >= 11 is 6.84. The van der Waals surface area contributed by atoms with Gasteiger partial charge in [0.1, 0.15) is 48.9 Å². The average molecular weight is 1010 g/mol. The van der Waals surface area contributed by atoms with E-state index >= 15 is 0 Å². The highest BCUT2D eigenvalue weighted by Gasteiger charge is 2.70. The number of aromatic nitrogens is 1. The molecule has 9 aliphatic rings. The summed E-state index contributed by atoms with van der Waals surface area (Å²) in [5.41, 5.74) is -1.77. The maximum Gasteiger partial charge on any atom is 0.329 e. The van der Waals surface area contributed by atoms with Gasteiger partial charge in [0.2, 0.25) is 5.75 Å². The van der Waals surface area contributed by atoms with E-state index in [1.807, 2.05) is 39.8 Å². The number of fused-ring (bicyclic) bond motifs is 1. The molecule has 1 spiro atoms. The van der Waals surface area contributed by atoms with E-state index in [9.17, 15) is 30.0 Å². The predicted molar refractivity (Wildman–Crippen MR) is 253 cm³/mol. The smallest absolute Gasteiger partial charge is 0.329 e. The fourth-order valence-electron chi connectivity index (χ4n) is 10.3. The largest absolute Gasteiger partial charge is 0.507 e. The lowest BCUT2D eigenvalue weighted by molar-refractivity contribution is -0.290. The number of esters is 1. The van der Waals surface area contributed by atoms with Crippen molar-refractivity contribution in [3.8, 4) is 40.6 Å². The third kappa shape index (κ3) is 9.75. The molecule has 7 aliphatic heterocycles. The fourth-order valence-corrected chi connectivity index (χ4v) is 10.5. The molecule has 5 N–H and O–H groups in total. The Kier molecular flexibility index (Phi) is 14.0. The summed E-state index contributed by atoms with van der Waals surface area (Å²) in [6, 6.07) is 5.88. The lowest BCUT2D eigenvalue weighted by Crippen LogP contribution is -2.57. The van der Waals surface area contributed by atoms with Gasteiger partial charge in [0.25, 0.3) is 5.91 Å². The van der Waals surface area contributed by atoms with Crippen LogP contribution in [0, 0.1) is 11.8 Å². The highest BCUT2D eigenvalue weighted by molar-refractivity contribution is 6.30. The first kappa shape index (κ1) is 50.7. The number of likely N-dealkylation sites (N-methyl/N-ethyl adjacent to an activating group) is 1. The summed E-state index contributed by atoms with van der Waals surface area (Å²) in [5.74, 6) is 5.36. The monoisotopic (exact) mass is 1010 g/mol. The van der Waals surface area contributed by atoms with Crippen molar-refractivity contribution in [2.75, 3.05) is 34.9 Å². The zero-order valence-corrected chi connectivity index (χ0v) is 41.6. The second kappa shape index (κ2) is 19.6. The Morgan fingerprint density at radius 1 is 1.01 bits per heavy atom. The number of amides is 1. The molecule has 0 radical (unpaired) electrons. The van der Waals surface area contributed by atoms with Crippen LogP contribution >= 0.6 is 11.6 Å². The van der Waals surface area contributed by atoms with Gasteiger partial charge in [-0.1, -0.05) is 23.4 Å². The number of phenolic OH excluding ortho intramolecular Hbond substituents is 1. The van der Waals surface area contributed by atoms with Gasteiger partial charge in [-0.15, -0.1) is 0 Å². The van der Waals surface area contributed by atoms with Gasteiger partial charge in [0, 0.05) is 41.5 Å². The molecule has 2 aromatic carbocycles. The molecule has 3 fully saturated rings. The second-order valence-electron chi connectivity index (χ2n) is 19.5. The third-order valence-electron chi connectivity index (χ3n) is 13.8. The van der Waals surface area contributed by atoms with Crippen molar-refractivity contribution in [3.63, 3.8) is 0 Å². The minimum Gasteiger partial charge on any atom is -0.507 e. The molecule has 14 atom stereocenters. The zero-order valence-electron chi connectivity index (χ0n) is 40.8. The molecule has 19 nitrogen and oxygen atoms in total. The van der Waals surface area contributed by atoms with E-state index in [2.05, 4.69) is 22.1 Å². The highest BCUT2D eigenvalue weighted by Crippen LogP contribution is 2.55. The number of hydrogen-bond acceptors (Lipinski definition) is 18. The normalized spacial score (nSPS) is 34.3. The van der Waals surface area contributed by atoms with E-state index in [4.69, 9.17) is 59.0 Å². The van der Waals surface area contributed by atoms with Crippen LogP contribution in [0.3, 0.4) is 0 Å². The lowest BCUT2D eigenvalue weighted by atomic mass is 9.88. The van der Waals surface area contributed by atoms with Crippen molar-refractivity contribution in [3.05, 3.63) is 70.0 Å². The number of nitrogens with zero attached hydrogens (tertiary/aromatic N) is 2. The van der Waals surface area contributed by atoms with Gasteiger partial charge in [-0.05, 0) is 96.6 Å². The first-order chi connectivity index (χ1) is 33.7. The zero-order chi connectivity index (χ0) is 50.8. The molecule has 3 unspecified atom stereocenters. The number of pyridine rings is 1. The highest BCUT2D eigenvalue weighted by atomic mass is 35.5. The van der Waals surface area contributed by atoms with Crippen LogP contribution in [0.4, 0.5) is 0 Å². The first-order valence-electron chi connectivity index (χ1n) is 23.6. The fraction of sp³-hybridized carbons (Fsp3) is 0.549. The average Bonchev–Trinajstić information content (AvgIpc) is 3.97. The van der Waals surface area contributed by atoms with Gasteiger partial charge in [0.05, 0.1) is 55.8 Å². The molecule has 3 aromatic rings. The van der Waals surface area contributed by atoms with E-state index < -0.39 is 103 Å². The number of aliphatic hydroxyl groups is 3. The molecule has 12 rings (SSSR count). The van der Waals surface area contributed by atoms with Crippen LogP contribution in [0.1, 0.15) is 63.5 Å². The lowest BCUT2D eigenvalue weighted by Gasteiger charge is -2.43. The van der Waals surface area contributed by atoms with Crippen molar-refractivity contribution < 1.29 is 77.4 Å². The van der Waals surface area contributed by atoms with Crippen LogP contribution < -0.4 is 24.3 Å². The summed E-state index contributed by atoms with van der Waals surface area (Å²) in [6.07, 6.45) is -5.71. The minimum absolute atomic E-state index is 0.0704. The molecule has 6 bridgehead atoms. The number of nitrogens with one attached hydrogen (secondary N) is 1.